The molecule has 188 valence electrons. The molecule has 1 aromatic carbocycles. The monoisotopic (exact) mass is 525 g/mol. The molecule has 0 spiro atoms. The van der Waals surface area contributed by atoms with Gasteiger partial charge in [-0.3, -0.25) is 14.6 Å². The van der Waals surface area contributed by atoms with E-state index in [0.29, 0.717) is 13.0 Å². The van der Waals surface area contributed by atoms with Crippen LogP contribution >= 0.6 is 11.6 Å². The Morgan fingerprint density at radius 1 is 1.23 bits per heavy atom. The van der Waals surface area contributed by atoms with Crippen molar-refractivity contribution < 1.29 is 26.8 Å². The van der Waals surface area contributed by atoms with E-state index in [1.165, 1.54) is 23.2 Å². The Labute approximate surface area is 207 Å². The fraction of sp³-hybridized carbons (Fsp3) is 0.458. The Bertz CT molecular complexity index is 1270. The van der Waals surface area contributed by atoms with E-state index in [2.05, 4.69) is 10.3 Å². The SMILES string of the molecule is CC[C@@H]1C[C@H](C(=O)NC(c2cc(F)c(Cl)cc2F)C2CC2)N(C(=O)c2cc(S(C)(=O)=O)ccn2)C1. The molecule has 2 aromatic rings. The van der Waals surface area contributed by atoms with Crippen LogP contribution in [0.15, 0.2) is 35.4 Å². The number of halogens is 3. The van der Waals surface area contributed by atoms with Crippen LogP contribution in [0.5, 0.6) is 0 Å². The van der Waals surface area contributed by atoms with Crippen LogP contribution in [-0.2, 0) is 14.6 Å². The highest BCUT2D eigenvalue weighted by molar-refractivity contribution is 7.90. The molecule has 1 unspecified atom stereocenters. The summed E-state index contributed by atoms with van der Waals surface area (Å²) in [5.74, 6) is -2.50. The van der Waals surface area contributed by atoms with E-state index in [1.807, 2.05) is 6.92 Å². The van der Waals surface area contributed by atoms with E-state index in [4.69, 9.17) is 11.6 Å². The zero-order valence-corrected chi connectivity index (χ0v) is 20.9. The van der Waals surface area contributed by atoms with E-state index in [9.17, 15) is 26.8 Å². The summed E-state index contributed by atoms with van der Waals surface area (Å²) in [6.45, 7) is 2.26. The van der Waals surface area contributed by atoms with Gasteiger partial charge in [-0.05, 0) is 55.4 Å². The van der Waals surface area contributed by atoms with E-state index in [0.717, 1.165) is 37.7 Å². The summed E-state index contributed by atoms with van der Waals surface area (Å²) in [6.07, 6.45) is 4.91. The van der Waals surface area contributed by atoms with Crippen LogP contribution in [0, 0.1) is 23.5 Å². The minimum atomic E-state index is -3.55. The maximum absolute atomic E-state index is 14.6. The van der Waals surface area contributed by atoms with Crippen LogP contribution < -0.4 is 5.32 Å². The molecule has 2 fully saturated rings. The second-order valence-corrected chi connectivity index (χ2v) is 11.7. The molecule has 0 bridgehead atoms. The molecule has 1 aliphatic heterocycles. The number of carbonyl (C=O) groups is 2. The van der Waals surface area contributed by atoms with Crippen LogP contribution in [0.2, 0.25) is 5.02 Å². The molecule has 3 atom stereocenters. The standard InChI is InChI=1S/C24H26ClF2N3O4S/c1-3-13-8-21(30(12-13)24(32)20-9-15(6-7-28-20)35(2,33)34)23(31)29-22(14-4-5-14)16-10-19(27)17(25)11-18(16)26/h6-7,9-11,13-14,21-22H,3-5,8,12H2,1-2H3,(H,29,31)/t13-,21-,22?/m1/s1. The van der Waals surface area contributed by atoms with Gasteiger partial charge >= 0.3 is 0 Å². The van der Waals surface area contributed by atoms with Crippen LogP contribution in [0.25, 0.3) is 0 Å². The van der Waals surface area contributed by atoms with E-state index < -0.39 is 45.4 Å². The number of aromatic nitrogens is 1. The van der Waals surface area contributed by atoms with Crippen molar-refractivity contribution in [2.24, 2.45) is 11.8 Å². The van der Waals surface area contributed by atoms with Crippen molar-refractivity contribution in [1.82, 2.24) is 15.2 Å². The van der Waals surface area contributed by atoms with Crippen LogP contribution in [0.3, 0.4) is 0 Å². The van der Waals surface area contributed by atoms with Crippen LogP contribution in [0.1, 0.15) is 54.7 Å². The first-order chi connectivity index (χ1) is 16.5. The molecule has 1 saturated carbocycles. The van der Waals surface area contributed by atoms with Gasteiger partial charge in [0.2, 0.25) is 5.91 Å². The van der Waals surface area contributed by atoms with Gasteiger partial charge in [0.1, 0.15) is 23.4 Å². The van der Waals surface area contributed by atoms with Crippen molar-refractivity contribution in [3.8, 4) is 0 Å². The van der Waals surface area contributed by atoms with Crippen molar-refractivity contribution in [3.63, 3.8) is 0 Å². The number of sulfone groups is 1. The van der Waals surface area contributed by atoms with Gasteiger partial charge in [0.15, 0.2) is 9.84 Å². The fourth-order valence-corrected chi connectivity index (χ4v) is 5.29. The summed E-state index contributed by atoms with van der Waals surface area (Å²) in [4.78, 5) is 32.1. The minimum absolute atomic E-state index is 0.0215. The molecular weight excluding hydrogens is 500 g/mol. The number of likely N-dealkylation sites (tertiary alicyclic amines) is 1. The number of rotatable bonds is 7. The molecule has 2 amide bonds. The molecule has 1 saturated heterocycles. The highest BCUT2D eigenvalue weighted by Crippen LogP contribution is 2.43. The summed E-state index contributed by atoms with van der Waals surface area (Å²) >= 11 is 5.69. The van der Waals surface area contributed by atoms with Crippen molar-refractivity contribution in [3.05, 3.63) is 58.4 Å². The average Bonchev–Trinajstić information content (AvgIpc) is 3.56. The minimum Gasteiger partial charge on any atom is -0.347 e. The second-order valence-electron chi connectivity index (χ2n) is 9.24. The third-order valence-electron chi connectivity index (χ3n) is 6.67. The van der Waals surface area contributed by atoms with Gasteiger partial charge in [-0.25, -0.2) is 17.2 Å². The maximum Gasteiger partial charge on any atom is 0.273 e. The predicted octanol–water partition coefficient (Wildman–Crippen LogP) is 3.92. The molecule has 1 N–H and O–H groups in total. The quantitative estimate of drug-likeness (QED) is 0.553. The third kappa shape index (κ3) is 5.48. The van der Waals surface area contributed by atoms with Crippen molar-refractivity contribution in [2.45, 2.75) is 49.6 Å². The van der Waals surface area contributed by atoms with Gasteiger partial charge in [0, 0.05) is 24.6 Å². The smallest absolute Gasteiger partial charge is 0.273 e. The zero-order valence-electron chi connectivity index (χ0n) is 19.3. The normalized spacial score (nSPS) is 21.1. The Hall–Kier alpha value is -2.59. The highest BCUT2D eigenvalue weighted by Gasteiger charge is 2.42. The number of hydrogen-bond donors (Lipinski definition) is 1. The summed E-state index contributed by atoms with van der Waals surface area (Å²) in [5.41, 5.74) is -0.0553. The van der Waals surface area contributed by atoms with Gasteiger partial charge in [0.05, 0.1) is 16.0 Å². The molecule has 0 radical (unpaired) electrons. The predicted molar refractivity (Wildman–Crippen MR) is 126 cm³/mol. The topological polar surface area (TPSA) is 96.4 Å². The lowest BCUT2D eigenvalue weighted by Gasteiger charge is -2.27. The molecule has 7 nitrogen and oxygen atoms in total. The first kappa shape index (κ1) is 25.5. The van der Waals surface area contributed by atoms with E-state index in [1.54, 1.807) is 0 Å². The summed E-state index contributed by atoms with van der Waals surface area (Å²) in [6, 6.07) is 2.80. The Morgan fingerprint density at radius 3 is 2.57 bits per heavy atom. The molecule has 35 heavy (non-hydrogen) atoms. The number of benzene rings is 1. The number of nitrogens with one attached hydrogen (secondary N) is 1. The largest absolute Gasteiger partial charge is 0.347 e. The number of pyridine rings is 1. The zero-order chi connectivity index (χ0) is 25.5. The van der Waals surface area contributed by atoms with Gasteiger partial charge in [-0.15, -0.1) is 0 Å². The summed E-state index contributed by atoms with van der Waals surface area (Å²) in [7, 11) is -3.55. The molecule has 1 aliphatic carbocycles. The lowest BCUT2D eigenvalue weighted by molar-refractivity contribution is -0.125. The average molecular weight is 526 g/mol. The Kier molecular flexibility index (Phi) is 7.15. The van der Waals surface area contributed by atoms with Crippen molar-refractivity contribution >= 4 is 33.3 Å². The number of nitrogens with zero attached hydrogens (tertiary/aromatic N) is 2. The molecule has 1 aromatic heterocycles. The number of carbonyl (C=O) groups excluding carboxylic acids is 2. The summed E-state index contributed by atoms with van der Waals surface area (Å²) in [5, 5.41) is 2.50. The van der Waals surface area contributed by atoms with Gasteiger partial charge in [-0.1, -0.05) is 24.9 Å². The third-order valence-corrected chi connectivity index (χ3v) is 8.07. The van der Waals surface area contributed by atoms with Crippen LogP contribution in [0.4, 0.5) is 8.78 Å². The van der Waals surface area contributed by atoms with Gasteiger partial charge < -0.3 is 10.2 Å². The first-order valence-corrected chi connectivity index (χ1v) is 13.7. The van der Waals surface area contributed by atoms with Crippen molar-refractivity contribution in [2.75, 3.05) is 12.8 Å². The first-order valence-electron chi connectivity index (χ1n) is 11.4. The molecular formula is C24H26ClF2N3O4S. The molecule has 2 heterocycles. The van der Waals surface area contributed by atoms with E-state index in [-0.39, 0.29) is 33.0 Å². The second kappa shape index (κ2) is 9.81. The number of amides is 2. The van der Waals surface area contributed by atoms with Gasteiger partial charge in [-0.2, -0.15) is 0 Å². The van der Waals surface area contributed by atoms with Gasteiger partial charge in [0.25, 0.3) is 5.91 Å². The Morgan fingerprint density at radius 2 is 1.94 bits per heavy atom. The Balaban J connectivity index is 1.60. The molecule has 11 heteroatoms. The fourth-order valence-electron chi connectivity index (χ4n) is 4.50. The molecule has 4 rings (SSSR count). The van der Waals surface area contributed by atoms with Crippen molar-refractivity contribution in [1.29, 1.82) is 0 Å². The molecule has 2 aliphatic rings. The summed E-state index contributed by atoms with van der Waals surface area (Å²) < 4.78 is 52.6. The maximum atomic E-state index is 14.6. The lowest BCUT2D eigenvalue weighted by Crippen LogP contribution is -2.47. The highest BCUT2D eigenvalue weighted by atomic mass is 35.5. The lowest BCUT2D eigenvalue weighted by atomic mass is 9.99. The van der Waals surface area contributed by atoms with Crippen LogP contribution in [-0.4, -0.2) is 49.0 Å². The van der Waals surface area contributed by atoms with E-state index >= 15 is 0 Å². The number of hydrogen-bond acceptors (Lipinski definition) is 5.